The third kappa shape index (κ3) is 6.33. The predicted octanol–water partition coefficient (Wildman–Crippen LogP) is 5.61. The van der Waals surface area contributed by atoms with E-state index in [2.05, 4.69) is 52.2 Å². The lowest BCUT2D eigenvalue weighted by Gasteiger charge is -2.49. The molecule has 6 rings (SSSR count). The van der Waals surface area contributed by atoms with Gasteiger partial charge in [-0.05, 0) is 50.3 Å². The van der Waals surface area contributed by atoms with Crippen LogP contribution >= 0.6 is 11.3 Å². The van der Waals surface area contributed by atoms with Gasteiger partial charge in [-0.25, -0.2) is 9.78 Å². The number of nitrogens with zero attached hydrogens (tertiary/aromatic N) is 3. The van der Waals surface area contributed by atoms with Crippen LogP contribution in [0.4, 0.5) is 5.13 Å². The monoisotopic (exact) mass is 663 g/mol. The number of hydrogen-bond acceptors (Lipinski definition) is 9. The molecule has 2 amide bonds. The van der Waals surface area contributed by atoms with Crippen molar-refractivity contribution in [3.8, 4) is 0 Å². The van der Waals surface area contributed by atoms with E-state index in [-0.39, 0.29) is 29.1 Å². The van der Waals surface area contributed by atoms with Gasteiger partial charge in [0.05, 0.1) is 6.04 Å². The zero-order valence-corrected chi connectivity index (χ0v) is 28.0. The zero-order valence-electron chi connectivity index (χ0n) is 27.2. The number of anilines is 1. The van der Waals surface area contributed by atoms with Gasteiger partial charge in [-0.1, -0.05) is 102 Å². The highest BCUT2D eigenvalue weighted by atomic mass is 32.1. The second-order valence-corrected chi connectivity index (χ2v) is 13.4. The molecule has 0 bridgehead atoms. The van der Waals surface area contributed by atoms with E-state index in [1.54, 1.807) is 32.2 Å². The maximum absolute atomic E-state index is 13.7. The van der Waals surface area contributed by atoms with Crippen LogP contribution in [0.2, 0.25) is 0 Å². The number of fused-ring (bicyclic) bond motifs is 1. The first-order chi connectivity index (χ1) is 23.1. The summed E-state index contributed by atoms with van der Waals surface area (Å²) < 4.78 is 5.51. The lowest BCUT2D eigenvalue weighted by molar-refractivity contribution is -0.162. The fourth-order valence-corrected chi connectivity index (χ4v) is 6.93. The third-order valence-electron chi connectivity index (χ3n) is 8.23. The van der Waals surface area contributed by atoms with Crippen LogP contribution in [-0.2, 0) is 29.5 Å². The molecule has 3 aromatic carbocycles. The molecule has 0 unspecified atom stereocenters. The van der Waals surface area contributed by atoms with E-state index >= 15 is 0 Å². The van der Waals surface area contributed by atoms with E-state index < -0.39 is 29.1 Å². The number of oxime groups is 1. The minimum absolute atomic E-state index is 0.0727. The first-order valence-electron chi connectivity index (χ1n) is 15.7. The van der Waals surface area contributed by atoms with Crippen molar-refractivity contribution in [2.75, 3.05) is 12.4 Å². The topological polar surface area (TPSA) is 122 Å². The Balaban J connectivity index is 1.26. The van der Waals surface area contributed by atoms with Gasteiger partial charge < -0.3 is 20.2 Å². The Morgan fingerprint density at radius 2 is 1.48 bits per heavy atom. The molecule has 48 heavy (non-hydrogen) atoms. The Hall–Kier alpha value is -5.29. The Kier molecular flexibility index (Phi) is 9.14. The second-order valence-electron chi connectivity index (χ2n) is 12.5. The van der Waals surface area contributed by atoms with Crippen molar-refractivity contribution < 1.29 is 24.0 Å². The lowest BCUT2D eigenvalue weighted by Crippen LogP contribution is -2.71. The average Bonchev–Trinajstić information content (AvgIpc) is 3.56. The van der Waals surface area contributed by atoms with Crippen molar-refractivity contribution in [3.05, 3.63) is 131 Å². The number of β-lactam (4-membered cyclic amide) rings is 1. The standard InChI is InChI=1S/C37H37N5O5S/c1-36(2,3)47-34(45)29-22-14-21-28-31(33(44)42(28)29)39-32(43)30(41-46-4)27-23-48-35(38-27)40-37(24-15-8-5-9-16-24,25-17-10-6-11-18-25)26-19-12-7-13-20-26/h5-13,15-20,22-23,28,31H,14,21H2,1-4H3,(H,38,40)(H,39,43)/t28-,31-/m0/s1. The number of allylic oxidation sites excluding steroid dienone is 1. The second kappa shape index (κ2) is 13.4. The van der Waals surface area contributed by atoms with Crippen LogP contribution in [0.25, 0.3) is 0 Å². The summed E-state index contributed by atoms with van der Waals surface area (Å²) in [5.74, 6) is -1.56. The summed E-state index contributed by atoms with van der Waals surface area (Å²) in [5, 5.41) is 12.8. The SMILES string of the molecule is CON=C(C(=O)N[C@@H]1C(=O)N2C(C(=O)OC(C)(C)C)=CCC[C@@H]12)c1csc(NC(c2ccccc2)(c2ccccc2)c2ccccc2)n1. The fraction of sp³-hybridized carbons (Fsp3) is 0.270. The molecule has 2 atom stereocenters. The van der Waals surface area contributed by atoms with Crippen molar-refractivity contribution in [2.24, 2.45) is 5.16 Å². The summed E-state index contributed by atoms with van der Waals surface area (Å²) in [6.07, 6.45) is 2.87. The summed E-state index contributed by atoms with van der Waals surface area (Å²) in [6, 6.07) is 29.1. The first-order valence-corrected chi connectivity index (χ1v) is 16.6. The molecule has 2 aliphatic heterocycles. The van der Waals surface area contributed by atoms with Gasteiger partial charge in [0.15, 0.2) is 10.8 Å². The number of thiazole rings is 1. The zero-order chi connectivity index (χ0) is 33.9. The maximum Gasteiger partial charge on any atom is 0.355 e. The van der Waals surface area contributed by atoms with Crippen molar-refractivity contribution in [1.82, 2.24) is 15.2 Å². The van der Waals surface area contributed by atoms with Crippen molar-refractivity contribution in [3.63, 3.8) is 0 Å². The van der Waals surface area contributed by atoms with Crippen LogP contribution < -0.4 is 10.6 Å². The number of hydrogen-bond donors (Lipinski definition) is 2. The molecule has 1 fully saturated rings. The number of nitrogens with one attached hydrogen (secondary N) is 2. The molecule has 0 radical (unpaired) electrons. The number of amides is 2. The molecule has 1 aromatic heterocycles. The lowest BCUT2D eigenvalue weighted by atomic mass is 9.77. The van der Waals surface area contributed by atoms with Crippen molar-refractivity contribution >= 4 is 40.0 Å². The Bertz CT molecular complexity index is 1750. The molecule has 11 heteroatoms. The van der Waals surface area contributed by atoms with E-state index in [4.69, 9.17) is 14.6 Å². The van der Waals surface area contributed by atoms with Crippen LogP contribution in [0.1, 0.15) is 56.0 Å². The molecule has 3 heterocycles. The Morgan fingerprint density at radius 1 is 0.917 bits per heavy atom. The average molecular weight is 664 g/mol. The number of carbonyl (C=O) groups is 3. The number of aromatic nitrogens is 1. The molecule has 2 aliphatic rings. The molecule has 246 valence electrons. The highest BCUT2D eigenvalue weighted by Crippen LogP contribution is 2.41. The Labute approximate surface area is 283 Å². The largest absolute Gasteiger partial charge is 0.455 e. The molecule has 0 saturated carbocycles. The van der Waals surface area contributed by atoms with Gasteiger partial charge in [0.25, 0.3) is 11.8 Å². The molecule has 0 aliphatic carbocycles. The maximum atomic E-state index is 13.7. The number of rotatable bonds is 10. The normalized spacial score (nSPS) is 17.8. The van der Waals surface area contributed by atoms with E-state index in [9.17, 15) is 14.4 Å². The van der Waals surface area contributed by atoms with E-state index in [0.717, 1.165) is 16.7 Å². The van der Waals surface area contributed by atoms with Gasteiger partial charge in [0, 0.05) is 5.38 Å². The molecule has 4 aromatic rings. The van der Waals surface area contributed by atoms with Gasteiger partial charge in [-0.3, -0.25) is 14.5 Å². The van der Waals surface area contributed by atoms with E-state index in [1.165, 1.54) is 23.3 Å². The van der Waals surface area contributed by atoms with Gasteiger partial charge in [0.1, 0.15) is 35.7 Å². The molecular weight excluding hydrogens is 627 g/mol. The van der Waals surface area contributed by atoms with Crippen molar-refractivity contribution in [2.45, 2.75) is 56.8 Å². The predicted molar refractivity (Wildman–Crippen MR) is 184 cm³/mol. The summed E-state index contributed by atoms with van der Waals surface area (Å²) in [6.45, 7) is 5.31. The number of benzene rings is 3. The first kappa shape index (κ1) is 32.6. The van der Waals surface area contributed by atoms with Crippen LogP contribution in [0.3, 0.4) is 0 Å². The summed E-state index contributed by atoms with van der Waals surface area (Å²) in [7, 11) is 1.35. The molecule has 10 nitrogen and oxygen atoms in total. The molecule has 1 saturated heterocycles. The van der Waals surface area contributed by atoms with Crippen molar-refractivity contribution in [1.29, 1.82) is 0 Å². The highest BCUT2D eigenvalue weighted by molar-refractivity contribution is 7.14. The number of esters is 1. The Morgan fingerprint density at radius 3 is 2.00 bits per heavy atom. The van der Waals surface area contributed by atoms with Crippen LogP contribution in [0.5, 0.6) is 0 Å². The van der Waals surface area contributed by atoms with Gasteiger partial charge in [-0.15, -0.1) is 11.3 Å². The van der Waals surface area contributed by atoms with Gasteiger partial charge >= 0.3 is 5.97 Å². The quantitative estimate of drug-likeness (QED) is 0.0744. The van der Waals surface area contributed by atoms with Crippen LogP contribution in [0, 0.1) is 0 Å². The van der Waals surface area contributed by atoms with Gasteiger partial charge in [0.2, 0.25) is 0 Å². The smallest absolute Gasteiger partial charge is 0.355 e. The minimum atomic E-state index is -0.830. The molecule has 2 N–H and O–H groups in total. The van der Waals surface area contributed by atoms with E-state index in [0.29, 0.717) is 18.0 Å². The van der Waals surface area contributed by atoms with Crippen LogP contribution in [0.15, 0.2) is 113 Å². The van der Waals surface area contributed by atoms with Gasteiger partial charge in [-0.2, -0.15) is 0 Å². The minimum Gasteiger partial charge on any atom is -0.455 e. The number of ether oxygens (including phenoxy) is 1. The van der Waals surface area contributed by atoms with E-state index in [1.807, 2.05) is 54.6 Å². The molecule has 0 spiro atoms. The summed E-state index contributed by atoms with van der Waals surface area (Å²) >= 11 is 1.32. The summed E-state index contributed by atoms with van der Waals surface area (Å²) in [4.78, 5) is 51.0. The third-order valence-corrected chi connectivity index (χ3v) is 8.99. The summed E-state index contributed by atoms with van der Waals surface area (Å²) in [5.41, 5.74) is 1.90. The van der Waals surface area contributed by atoms with Crippen LogP contribution in [-0.4, -0.2) is 58.2 Å². The highest BCUT2D eigenvalue weighted by Gasteiger charge is 2.52. The molecular formula is C37H37N5O5S. The number of carbonyl (C=O) groups excluding carboxylic acids is 3. The fourth-order valence-electron chi connectivity index (χ4n) is 6.18.